The summed E-state index contributed by atoms with van der Waals surface area (Å²) in [4.78, 5) is 13.4. The quantitative estimate of drug-likeness (QED) is 0.301. The Kier molecular flexibility index (Phi) is 7.01. The second kappa shape index (κ2) is 8.57. The number of unbranched alkanes of at least 4 members (excludes halogenated alkanes) is 1. The minimum Gasteiger partial charge on any atom is -0.395 e. The van der Waals surface area contributed by atoms with Crippen LogP contribution < -0.4 is 11.3 Å². The Bertz CT molecular complexity index is 381. The van der Waals surface area contributed by atoms with Gasteiger partial charge in [0, 0.05) is 13.1 Å². The van der Waals surface area contributed by atoms with E-state index >= 15 is 0 Å². The number of aliphatic hydroxyl groups excluding tert-OH is 1. The third-order valence-corrected chi connectivity index (χ3v) is 2.79. The number of rotatable bonds is 9. The van der Waals surface area contributed by atoms with Gasteiger partial charge in [0.15, 0.2) is 5.69 Å². The number of hydrogen-bond donors (Lipinski definition) is 3. The van der Waals surface area contributed by atoms with Crippen LogP contribution >= 0.6 is 0 Å². The lowest BCUT2D eigenvalue weighted by molar-refractivity contribution is 0.0948. The van der Waals surface area contributed by atoms with E-state index in [9.17, 15) is 4.79 Å². The van der Waals surface area contributed by atoms with Gasteiger partial charge in [0.05, 0.1) is 19.3 Å². The van der Waals surface area contributed by atoms with Crippen molar-refractivity contribution in [3.05, 3.63) is 11.9 Å². The molecular weight excluding hydrogens is 248 g/mol. The molecule has 0 aromatic carbocycles. The van der Waals surface area contributed by atoms with Gasteiger partial charge in [0.2, 0.25) is 0 Å². The van der Waals surface area contributed by atoms with E-state index in [0.717, 1.165) is 25.9 Å². The van der Waals surface area contributed by atoms with Gasteiger partial charge >= 0.3 is 0 Å². The number of nitrogens with one attached hydrogen (secondary N) is 1. The fraction of sp³-hybridized carbons (Fsp3) is 0.727. The molecule has 1 amide bonds. The molecule has 0 bridgehead atoms. The molecule has 8 nitrogen and oxygen atoms in total. The lowest BCUT2D eigenvalue weighted by Crippen LogP contribution is -2.31. The minimum absolute atomic E-state index is 0.141. The van der Waals surface area contributed by atoms with Gasteiger partial charge in [0.25, 0.3) is 5.91 Å². The van der Waals surface area contributed by atoms with Crippen molar-refractivity contribution < 1.29 is 9.90 Å². The van der Waals surface area contributed by atoms with Gasteiger partial charge in [-0.3, -0.25) is 19.8 Å². The van der Waals surface area contributed by atoms with Gasteiger partial charge in [-0.15, -0.1) is 5.10 Å². The summed E-state index contributed by atoms with van der Waals surface area (Å²) in [5.41, 5.74) is 2.21. The number of nitrogens with zero attached hydrogens (tertiary/aromatic N) is 4. The highest BCUT2D eigenvalue weighted by molar-refractivity contribution is 5.91. The van der Waals surface area contributed by atoms with Crippen LogP contribution in [0.1, 0.15) is 30.3 Å². The van der Waals surface area contributed by atoms with Crippen LogP contribution in [-0.4, -0.2) is 57.1 Å². The van der Waals surface area contributed by atoms with E-state index in [1.165, 1.54) is 0 Å². The maximum absolute atomic E-state index is 11.2. The number of carbonyl (C=O) groups excluding carboxylic acids is 1. The monoisotopic (exact) mass is 270 g/mol. The second-order valence-electron chi connectivity index (χ2n) is 4.26. The molecule has 1 aromatic heterocycles. The normalized spacial score (nSPS) is 10.9. The van der Waals surface area contributed by atoms with E-state index in [4.69, 9.17) is 10.9 Å². The maximum Gasteiger partial charge on any atom is 0.287 e. The van der Waals surface area contributed by atoms with E-state index in [0.29, 0.717) is 13.1 Å². The van der Waals surface area contributed by atoms with Crippen molar-refractivity contribution in [2.45, 2.75) is 26.3 Å². The smallest absolute Gasteiger partial charge is 0.287 e. The predicted octanol–water partition coefficient (Wildman–Crippen LogP) is -1.02. The van der Waals surface area contributed by atoms with Crippen LogP contribution in [0.5, 0.6) is 0 Å². The number of aromatic nitrogens is 3. The number of amides is 1. The number of hydrazine groups is 1. The largest absolute Gasteiger partial charge is 0.395 e. The molecule has 0 saturated heterocycles. The van der Waals surface area contributed by atoms with E-state index in [2.05, 4.69) is 22.1 Å². The summed E-state index contributed by atoms with van der Waals surface area (Å²) in [7, 11) is 0. The zero-order valence-electron chi connectivity index (χ0n) is 11.2. The van der Waals surface area contributed by atoms with Crippen LogP contribution in [0.25, 0.3) is 0 Å². The fourth-order valence-corrected chi connectivity index (χ4v) is 1.69. The molecule has 8 heteroatoms. The number of nitrogens with two attached hydrogens (primary N) is 1. The topological polar surface area (TPSA) is 109 Å². The summed E-state index contributed by atoms with van der Waals surface area (Å²) in [6, 6.07) is 0. The highest BCUT2D eigenvalue weighted by atomic mass is 16.3. The summed E-state index contributed by atoms with van der Waals surface area (Å²) in [5.74, 6) is 4.56. The Labute approximate surface area is 112 Å². The van der Waals surface area contributed by atoms with Crippen molar-refractivity contribution >= 4 is 5.91 Å². The summed E-state index contributed by atoms with van der Waals surface area (Å²) in [6.45, 7) is 5.24. The lowest BCUT2D eigenvalue weighted by Gasteiger charge is -2.20. The van der Waals surface area contributed by atoms with Crippen LogP contribution in [0.15, 0.2) is 6.20 Å². The Morgan fingerprint density at radius 1 is 1.53 bits per heavy atom. The van der Waals surface area contributed by atoms with Gasteiger partial charge in [-0.05, 0) is 13.0 Å². The molecule has 0 atom stereocenters. The highest BCUT2D eigenvalue weighted by Gasteiger charge is 2.09. The van der Waals surface area contributed by atoms with Crippen molar-refractivity contribution in [2.75, 3.05) is 26.2 Å². The third-order valence-electron chi connectivity index (χ3n) is 2.79. The average Bonchev–Trinajstić information content (AvgIpc) is 2.90. The van der Waals surface area contributed by atoms with Gasteiger partial charge < -0.3 is 5.11 Å². The van der Waals surface area contributed by atoms with Gasteiger partial charge in [-0.1, -0.05) is 18.6 Å². The molecule has 1 aromatic rings. The molecule has 0 fully saturated rings. The van der Waals surface area contributed by atoms with Gasteiger partial charge in [-0.2, -0.15) is 0 Å². The van der Waals surface area contributed by atoms with Crippen molar-refractivity contribution in [2.24, 2.45) is 5.84 Å². The van der Waals surface area contributed by atoms with Crippen LogP contribution in [0.2, 0.25) is 0 Å². The summed E-state index contributed by atoms with van der Waals surface area (Å²) >= 11 is 0. The van der Waals surface area contributed by atoms with Crippen LogP contribution in [0.3, 0.4) is 0 Å². The molecule has 0 saturated carbocycles. The molecule has 0 spiro atoms. The first-order valence-corrected chi connectivity index (χ1v) is 6.45. The van der Waals surface area contributed by atoms with Crippen molar-refractivity contribution in [3.63, 3.8) is 0 Å². The van der Waals surface area contributed by atoms with Crippen LogP contribution in [0, 0.1) is 0 Å². The molecule has 0 aliphatic carbocycles. The number of carbonyl (C=O) groups is 1. The third kappa shape index (κ3) is 5.33. The SMILES string of the molecule is CCCCN(CCO)CCn1cc(C(=O)NN)nn1. The molecule has 1 heterocycles. The summed E-state index contributed by atoms with van der Waals surface area (Å²) in [5, 5.41) is 16.6. The molecule has 0 aliphatic rings. The molecule has 4 N–H and O–H groups in total. The molecule has 0 radical (unpaired) electrons. The van der Waals surface area contributed by atoms with Crippen LogP contribution in [-0.2, 0) is 6.54 Å². The van der Waals surface area contributed by atoms with Crippen molar-refractivity contribution in [3.8, 4) is 0 Å². The molecule has 0 aliphatic heterocycles. The lowest BCUT2D eigenvalue weighted by atomic mass is 10.3. The molecular formula is C11H22N6O2. The van der Waals surface area contributed by atoms with E-state index < -0.39 is 5.91 Å². The Balaban J connectivity index is 2.44. The van der Waals surface area contributed by atoms with Crippen molar-refractivity contribution in [1.82, 2.24) is 25.3 Å². The number of hydrogen-bond acceptors (Lipinski definition) is 6. The minimum atomic E-state index is -0.454. The second-order valence-corrected chi connectivity index (χ2v) is 4.26. The van der Waals surface area contributed by atoms with Gasteiger partial charge in [-0.25, -0.2) is 5.84 Å². The molecule has 19 heavy (non-hydrogen) atoms. The molecule has 1 rings (SSSR count). The van der Waals surface area contributed by atoms with Crippen LogP contribution in [0.4, 0.5) is 0 Å². The predicted molar refractivity (Wildman–Crippen MR) is 70.1 cm³/mol. The molecule has 108 valence electrons. The zero-order valence-corrected chi connectivity index (χ0v) is 11.2. The number of nitrogen functional groups attached to an aromatic ring is 1. The Hall–Kier alpha value is -1.51. The zero-order chi connectivity index (χ0) is 14.1. The number of aliphatic hydroxyl groups is 1. The highest BCUT2D eigenvalue weighted by Crippen LogP contribution is 1.97. The average molecular weight is 270 g/mol. The Morgan fingerprint density at radius 2 is 2.32 bits per heavy atom. The summed E-state index contributed by atoms with van der Waals surface area (Å²) in [6.07, 6.45) is 3.77. The maximum atomic E-state index is 11.2. The van der Waals surface area contributed by atoms with E-state index in [-0.39, 0.29) is 12.3 Å². The van der Waals surface area contributed by atoms with E-state index in [1.54, 1.807) is 10.9 Å². The van der Waals surface area contributed by atoms with E-state index in [1.807, 2.05) is 5.43 Å². The first-order chi connectivity index (χ1) is 9.21. The molecule has 0 unspecified atom stereocenters. The first kappa shape index (κ1) is 15.5. The standard InChI is InChI=1S/C11H22N6O2/c1-2-3-4-16(7-8-18)5-6-17-9-10(14-15-17)11(19)13-12/h9,18H,2-8,12H2,1H3,(H,13,19). The van der Waals surface area contributed by atoms with Crippen molar-refractivity contribution in [1.29, 1.82) is 0 Å². The fourth-order valence-electron chi connectivity index (χ4n) is 1.69. The van der Waals surface area contributed by atoms with Gasteiger partial charge in [0.1, 0.15) is 0 Å². The Morgan fingerprint density at radius 3 is 2.95 bits per heavy atom. The summed E-state index contributed by atoms with van der Waals surface area (Å²) < 4.78 is 1.60. The first-order valence-electron chi connectivity index (χ1n) is 6.45.